The van der Waals surface area contributed by atoms with Crippen molar-refractivity contribution in [2.75, 3.05) is 17.2 Å². The molecule has 2 rings (SSSR count). The Kier molecular flexibility index (Phi) is 3.59. The van der Waals surface area contributed by atoms with Gasteiger partial charge in [0.15, 0.2) is 5.82 Å². The van der Waals surface area contributed by atoms with Crippen molar-refractivity contribution in [1.82, 2.24) is 14.8 Å². The minimum atomic E-state index is 0.848. The van der Waals surface area contributed by atoms with Gasteiger partial charge >= 0.3 is 0 Å². The van der Waals surface area contributed by atoms with Gasteiger partial charge in [-0.2, -0.15) is 5.10 Å². The Bertz CT molecular complexity index is 477. The van der Waals surface area contributed by atoms with Crippen molar-refractivity contribution in [3.05, 3.63) is 30.6 Å². The molecule has 5 nitrogen and oxygen atoms in total. The van der Waals surface area contributed by atoms with E-state index in [1.807, 2.05) is 36.0 Å². The van der Waals surface area contributed by atoms with Gasteiger partial charge in [0.05, 0.1) is 0 Å². The summed E-state index contributed by atoms with van der Waals surface area (Å²) in [6.07, 6.45) is 3.73. The van der Waals surface area contributed by atoms with E-state index in [4.69, 9.17) is 0 Å². The van der Waals surface area contributed by atoms with Crippen LogP contribution in [0.3, 0.4) is 0 Å². The lowest BCUT2D eigenvalue weighted by Gasteiger charge is -2.06. The van der Waals surface area contributed by atoms with Gasteiger partial charge in [-0.3, -0.25) is 4.68 Å². The molecule has 90 valence electrons. The molecule has 0 saturated heterocycles. The maximum absolute atomic E-state index is 4.36. The molecule has 0 bridgehead atoms. The van der Waals surface area contributed by atoms with Crippen LogP contribution in [-0.4, -0.2) is 21.3 Å². The number of nitrogens with zero attached hydrogens (tertiary/aromatic N) is 3. The maximum Gasteiger partial charge on any atom is 0.152 e. The molecular formula is C12H17N5. The van der Waals surface area contributed by atoms with Crippen LogP contribution in [0.1, 0.15) is 13.8 Å². The van der Waals surface area contributed by atoms with E-state index in [1.165, 1.54) is 0 Å². The highest BCUT2D eigenvalue weighted by atomic mass is 15.3. The Labute approximate surface area is 101 Å². The van der Waals surface area contributed by atoms with Gasteiger partial charge in [-0.1, -0.05) is 0 Å². The fourth-order valence-electron chi connectivity index (χ4n) is 1.54. The van der Waals surface area contributed by atoms with Crippen LogP contribution in [0.15, 0.2) is 30.6 Å². The molecule has 0 saturated carbocycles. The van der Waals surface area contributed by atoms with E-state index in [2.05, 4.69) is 27.6 Å². The zero-order chi connectivity index (χ0) is 12.1. The summed E-state index contributed by atoms with van der Waals surface area (Å²) in [6, 6.07) is 5.84. The molecule has 0 unspecified atom stereocenters. The summed E-state index contributed by atoms with van der Waals surface area (Å²) in [6.45, 7) is 5.85. The van der Waals surface area contributed by atoms with Gasteiger partial charge in [0.2, 0.25) is 0 Å². The summed E-state index contributed by atoms with van der Waals surface area (Å²) in [4.78, 5) is 4.22. The molecule has 0 aromatic carbocycles. The molecule has 2 aromatic heterocycles. The first-order chi connectivity index (χ1) is 8.31. The van der Waals surface area contributed by atoms with Crippen LogP contribution in [0.5, 0.6) is 0 Å². The first-order valence-electron chi connectivity index (χ1n) is 5.82. The van der Waals surface area contributed by atoms with Crippen LogP contribution in [0, 0.1) is 0 Å². The van der Waals surface area contributed by atoms with Crippen LogP contribution in [0.25, 0.3) is 0 Å². The lowest BCUT2D eigenvalue weighted by Crippen LogP contribution is -2.00. The second-order valence-electron chi connectivity index (χ2n) is 3.64. The van der Waals surface area contributed by atoms with Crippen LogP contribution in [0.2, 0.25) is 0 Å². The standard InChI is InChI=1S/C12H17N5/c1-3-13-12-9-10(5-7-14-12)15-11-6-8-17(4-2)16-11/h5-9H,3-4H2,1-2H3,(H2,13,14,15,16). The van der Waals surface area contributed by atoms with E-state index >= 15 is 0 Å². The zero-order valence-corrected chi connectivity index (χ0v) is 10.1. The van der Waals surface area contributed by atoms with Gasteiger partial charge in [-0.05, 0) is 19.9 Å². The quantitative estimate of drug-likeness (QED) is 0.830. The molecule has 2 aromatic rings. The maximum atomic E-state index is 4.36. The molecule has 0 amide bonds. The monoisotopic (exact) mass is 231 g/mol. The van der Waals surface area contributed by atoms with E-state index in [9.17, 15) is 0 Å². The minimum Gasteiger partial charge on any atom is -0.370 e. The highest BCUT2D eigenvalue weighted by Crippen LogP contribution is 2.16. The average Bonchev–Trinajstić information content (AvgIpc) is 2.78. The summed E-state index contributed by atoms with van der Waals surface area (Å²) >= 11 is 0. The Morgan fingerprint density at radius 3 is 2.82 bits per heavy atom. The predicted octanol–water partition coefficient (Wildman–Crippen LogP) is 2.47. The number of aromatic nitrogens is 3. The minimum absolute atomic E-state index is 0.848. The third-order valence-corrected chi connectivity index (χ3v) is 2.35. The van der Waals surface area contributed by atoms with Crippen molar-refractivity contribution < 1.29 is 0 Å². The Morgan fingerprint density at radius 2 is 2.12 bits per heavy atom. The molecule has 0 atom stereocenters. The van der Waals surface area contributed by atoms with E-state index in [0.29, 0.717) is 0 Å². The van der Waals surface area contributed by atoms with Crippen molar-refractivity contribution in [3.63, 3.8) is 0 Å². The number of nitrogens with one attached hydrogen (secondary N) is 2. The van der Waals surface area contributed by atoms with Gasteiger partial charge in [-0.15, -0.1) is 0 Å². The number of aryl methyl sites for hydroxylation is 1. The third kappa shape index (κ3) is 2.96. The fourth-order valence-corrected chi connectivity index (χ4v) is 1.54. The predicted molar refractivity (Wildman–Crippen MR) is 69.6 cm³/mol. The molecule has 0 aliphatic carbocycles. The normalized spacial score (nSPS) is 10.2. The van der Waals surface area contributed by atoms with Crippen molar-refractivity contribution >= 4 is 17.3 Å². The third-order valence-electron chi connectivity index (χ3n) is 2.35. The van der Waals surface area contributed by atoms with E-state index in [0.717, 1.165) is 30.4 Å². The van der Waals surface area contributed by atoms with Crippen LogP contribution in [0.4, 0.5) is 17.3 Å². The van der Waals surface area contributed by atoms with Gasteiger partial charge in [0.25, 0.3) is 0 Å². The SMILES string of the molecule is CCNc1cc(Nc2ccn(CC)n2)ccn1. The van der Waals surface area contributed by atoms with Crippen molar-refractivity contribution in [3.8, 4) is 0 Å². The first kappa shape index (κ1) is 11.4. The molecule has 0 spiro atoms. The van der Waals surface area contributed by atoms with Gasteiger partial charge < -0.3 is 10.6 Å². The summed E-state index contributed by atoms with van der Waals surface area (Å²) in [5, 5.41) is 10.8. The lowest BCUT2D eigenvalue weighted by atomic mass is 10.4. The smallest absolute Gasteiger partial charge is 0.152 e. The van der Waals surface area contributed by atoms with Crippen molar-refractivity contribution in [2.45, 2.75) is 20.4 Å². The van der Waals surface area contributed by atoms with E-state index in [1.54, 1.807) is 6.20 Å². The zero-order valence-electron chi connectivity index (χ0n) is 10.1. The molecule has 0 radical (unpaired) electrons. The summed E-state index contributed by atoms with van der Waals surface area (Å²) in [7, 11) is 0. The highest BCUT2D eigenvalue weighted by Gasteiger charge is 2.00. The summed E-state index contributed by atoms with van der Waals surface area (Å²) in [5.74, 6) is 1.72. The second-order valence-corrected chi connectivity index (χ2v) is 3.64. The van der Waals surface area contributed by atoms with Crippen molar-refractivity contribution in [1.29, 1.82) is 0 Å². The van der Waals surface area contributed by atoms with Crippen molar-refractivity contribution in [2.24, 2.45) is 0 Å². The topological polar surface area (TPSA) is 54.8 Å². The molecule has 5 heteroatoms. The Hall–Kier alpha value is -2.04. The van der Waals surface area contributed by atoms with Crippen LogP contribution >= 0.6 is 0 Å². The molecule has 0 aliphatic rings. The van der Waals surface area contributed by atoms with Gasteiger partial charge in [0, 0.05) is 43.3 Å². The number of pyridine rings is 1. The van der Waals surface area contributed by atoms with Crippen LogP contribution < -0.4 is 10.6 Å². The number of hydrogen-bond donors (Lipinski definition) is 2. The highest BCUT2D eigenvalue weighted by molar-refractivity contribution is 5.59. The van der Waals surface area contributed by atoms with Gasteiger partial charge in [-0.25, -0.2) is 4.98 Å². The summed E-state index contributed by atoms with van der Waals surface area (Å²) in [5.41, 5.74) is 0.984. The first-order valence-corrected chi connectivity index (χ1v) is 5.82. The Morgan fingerprint density at radius 1 is 1.24 bits per heavy atom. The van der Waals surface area contributed by atoms with Crippen LogP contribution in [-0.2, 0) is 6.54 Å². The molecule has 0 aliphatic heterocycles. The molecule has 2 N–H and O–H groups in total. The average molecular weight is 231 g/mol. The molecule has 17 heavy (non-hydrogen) atoms. The number of anilines is 3. The number of rotatable bonds is 5. The van der Waals surface area contributed by atoms with E-state index in [-0.39, 0.29) is 0 Å². The second kappa shape index (κ2) is 5.34. The fraction of sp³-hybridized carbons (Fsp3) is 0.333. The largest absolute Gasteiger partial charge is 0.370 e. The molecule has 0 fully saturated rings. The number of hydrogen-bond acceptors (Lipinski definition) is 4. The lowest BCUT2D eigenvalue weighted by molar-refractivity contribution is 0.662. The molecule has 2 heterocycles. The Balaban J connectivity index is 2.09. The summed E-state index contributed by atoms with van der Waals surface area (Å²) < 4.78 is 1.88. The molecular weight excluding hydrogens is 214 g/mol. The van der Waals surface area contributed by atoms with E-state index < -0.39 is 0 Å². The van der Waals surface area contributed by atoms with Gasteiger partial charge in [0.1, 0.15) is 5.82 Å².